The molecule has 63 heavy (non-hydrogen) atoms. The van der Waals surface area contributed by atoms with Gasteiger partial charge >= 0.3 is 20.7 Å². The number of amides is 1. The first-order valence-corrected chi connectivity index (χ1v) is 26.0. The lowest BCUT2D eigenvalue weighted by Gasteiger charge is -2.40. The number of ether oxygens (including phenoxy) is 2. The number of benzene rings is 1. The van der Waals surface area contributed by atoms with Crippen molar-refractivity contribution in [3.63, 3.8) is 0 Å². The molecule has 7 rings (SSSR count). The molecule has 0 bridgehead atoms. The van der Waals surface area contributed by atoms with E-state index in [1.54, 1.807) is 30.3 Å². The van der Waals surface area contributed by atoms with Gasteiger partial charge in [-0.3, -0.25) is 13.9 Å². The van der Waals surface area contributed by atoms with Crippen LogP contribution in [0.1, 0.15) is 55.4 Å². The van der Waals surface area contributed by atoms with Crippen molar-refractivity contribution < 1.29 is 55.7 Å². The van der Waals surface area contributed by atoms with Gasteiger partial charge < -0.3 is 33.4 Å². The van der Waals surface area contributed by atoms with Crippen molar-refractivity contribution in [3.8, 4) is 6.07 Å². The number of hydrogen-bond acceptors (Lipinski definition) is 18. The maximum Gasteiger partial charge on any atom is 0.695 e. The van der Waals surface area contributed by atoms with Gasteiger partial charge in [0.25, 0.3) is 5.91 Å². The van der Waals surface area contributed by atoms with Gasteiger partial charge in [-0.05, 0) is 42.1 Å². The van der Waals surface area contributed by atoms with E-state index in [1.807, 2.05) is 39.9 Å². The molecule has 2 aliphatic heterocycles. The van der Waals surface area contributed by atoms with Crippen molar-refractivity contribution in [1.29, 1.82) is 5.26 Å². The minimum Gasteiger partial charge on any atom is -0.408 e. The highest BCUT2D eigenvalue weighted by atomic mass is 32.5. The van der Waals surface area contributed by atoms with E-state index in [2.05, 4.69) is 35.6 Å². The second-order valence-corrected chi connectivity index (χ2v) is 24.3. The highest BCUT2D eigenvalue weighted by Gasteiger charge is 2.56. The largest absolute Gasteiger partial charge is 0.695 e. The summed E-state index contributed by atoms with van der Waals surface area (Å²) in [6.07, 6.45) is -6.24. The predicted molar refractivity (Wildman–Crippen MR) is 225 cm³/mol. The zero-order valence-electron chi connectivity index (χ0n) is 34.4. The molecule has 1 aromatic carbocycles. The SMILES string of the molecule is CC(C)(C)[Si](C)(C)O[C@H]1[C@@H](O[P+](=O)O)[C@H](c2cnn3c(=O)[nH]ncc23)O[C@@H]1COP(=S)(OCCC#N)O[C@H]1[C@@H](F)[C@H](n2cnc3c(NC(=O)c4ccccc4)ncnc32)O[C@@H]1CO. The van der Waals surface area contributed by atoms with E-state index in [1.165, 1.54) is 23.3 Å². The molecule has 0 aliphatic carbocycles. The quantitative estimate of drug-likeness (QED) is 0.0578. The number of imidazole rings is 1. The van der Waals surface area contributed by atoms with Crippen molar-refractivity contribution in [2.24, 2.45) is 0 Å². The van der Waals surface area contributed by atoms with Crippen LogP contribution in [-0.4, -0.2) is 120 Å². The number of carbonyl (C=O) groups excluding carboxylic acids is 1. The molecule has 0 saturated carbocycles. The smallest absolute Gasteiger partial charge is 0.408 e. The van der Waals surface area contributed by atoms with Gasteiger partial charge in [0.2, 0.25) is 0 Å². The Kier molecular flexibility index (Phi) is 14.0. The van der Waals surface area contributed by atoms with Crippen molar-refractivity contribution in [2.75, 3.05) is 25.1 Å². The molecule has 10 atom stereocenters. The number of nitrogens with one attached hydrogen (secondary N) is 2. The molecule has 336 valence electrons. The predicted octanol–water partition coefficient (Wildman–Crippen LogP) is 4.16. The maximum absolute atomic E-state index is 16.8. The molecule has 27 heteroatoms. The van der Waals surface area contributed by atoms with Crippen LogP contribution in [0.2, 0.25) is 18.1 Å². The van der Waals surface area contributed by atoms with Gasteiger partial charge in [-0.1, -0.05) is 39.0 Å². The molecule has 4 N–H and O–H groups in total. The van der Waals surface area contributed by atoms with E-state index in [-0.39, 0.29) is 46.1 Å². The van der Waals surface area contributed by atoms with Crippen molar-refractivity contribution in [1.82, 2.24) is 39.3 Å². The van der Waals surface area contributed by atoms with Gasteiger partial charge in [-0.25, -0.2) is 29.2 Å². The van der Waals surface area contributed by atoms with Crippen LogP contribution in [0.3, 0.4) is 0 Å². The Labute approximate surface area is 365 Å². The van der Waals surface area contributed by atoms with Gasteiger partial charge in [-0.2, -0.15) is 20.0 Å². The molecule has 0 radical (unpaired) electrons. The van der Waals surface area contributed by atoms with Crippen LogP contribution >= 0.6 is 15.0 Å². The topological polar surface area (TPSA) is 282 Å². The third-order valence-corrected chi connectivity index (χ3v) is 18.2. The molecular weight excluding hydrogens is 906 g/mol. The number of H-pyrrole nitrogens is 1. The molecule has 1 amide bonds. The maximum atomic E-state index is 16.8. The number of nitriles is 1. The number of aliphatic hydroxyl groups is 1. The number of halogens is 1. The Bertz CT molecular complexity index is 2610. The summed E-state index contributed by atoms with van der Waals surface area (Å²) in [5.41, 5.74) is 0.430. The summed E-state index contributed by atoms with van der Waals surface area (Å²) in [7, 11) is -5.98. The molecule has 2 saturated heterocycles. The summed E-state index contributed by atoms with van der Waals surface area (Å²) in [5, 5.41) is 32.4. The zero-order valence-corrected chi connectivity index (χ0v) is 38.0. The minimum atomic E-state index is -4.12. The van der Waals surface area contributed by atoms with Crippen LogP contribution in [0.4, 0.5) is 10.2 Å². The number of fused-ring (bicyclic) bond motifs is 2. The summed E-state index contributed by atoms with van der Waals surface area (Å²) in [4.78, 5) is 48.3. The Morgan fingerprint density at radius 1 is 1.13 bits per heavy atom. The number of anilines is 1. The van der Waals surface area contributed by atoms with Gasteiger partial charge in [0.05, 0.1) is 56.5 Å². The summed E-state index contributed by atoms with van der Waals surface area (Å²) >= 11 is 5.83. The standard InChI is InChI=1S/C36H43FN10O12P2SSi/c1-36(2,3)63(4,5)59-29-24(55-27(30(29)57-60(51)52)21-14-43-47-22(21)15-42-45-35(47)50)17-54-61(62,53-13-9-12-38)58-28-23(16-48)56-34(25(28)37)46-19-41-26-31(39-18-40-32(26)46)44-33(49)20-10-7-6-8-11-20/h6-8,10-11,14-15,18-19,23-25,27-30,34,48H,9,13,16-17H2,1-5H3,(H2-,39,40,43,44,45,49,50,51,52)/p+1/t23-,24-,25-,27+,28-,29-,30+,34-,61?/m1/s1. The second-order valence-electron chi connectivity index (χ2n) is 15.9. The molecule has 2 unspecified atom stereocenters. The number of carbonyl (C=O) groups is 1. The summed E-state index contributed by atoms with van der Waals surface area (Å²) in [6, 6.07) is 10.3. The minimum absolute atomic E-state index is 0.0555. The molecule has 0 spiro atoms. The Balaban J connectivity index is 1.17. The first kappa shape index (κ1) is 46.6. The second kappa shape index (κ2) is 19.0. The van der Waals surface area contributed by atoms with E-state index >= 15 is 4.39 Å². The number of aliphatic hydroxyl groups excluding tert-OH is 1. The number of hydrogen-bond donors (Lipinski definition) is 4. The van der Waals surface area contributed by atoms with Crippen molar-refractivity contribution in [2.45, 2.75) is 94.3 Å². The monoisotopic (exact) mass is 949 g/mol. The molecule has 2 fully saturated rings. The highest BCUT2D eigenvalue weighted by molar-refractivity contribution is 8.07. The van der Waals surface area contributed by atoms with Crippen LogP contribution in [0.15, 0.2) is 60.2 Å². The zero-order chi connectivity index (χ0) is 45.3. The fraction of sp³-hybridized carbons (Fsp3) is 0.500. The van der Waals surface area contributed by atoms with Crippen LogP contribution in [0, 0.1) is 11.3 Å². The number of aromatic amines is 1. The van der Waals surface area contributed by atoms with Gasteiger partial charge in [0, 0.05) is 15.7 Å². The third kappa shape index (κ3) is 9.83. The fourth-order valence-corrected chi connectivity index (χ4v) is 10.6. The first-order chi connectivity index (χ1) is 29.9. The molecule has 6 heterocycles. The number of alkyl halides is 1. The van der Waals surface area contributed by atoms with E-state index in [0.717, 1.165) is 10.8 Å². The van der Waals surface area contributed by atoms with Gasteiger partial charge in [-0.15, -0.1) is 9.42 Å². The average Bonchev–Trinajstić information content (AvgIpc) is 4.02. The van der Waals surface area contributed by atoms with Crippen LogP contribution < -0.4 is 11.0 Å². The summed E-state index contributed by atoms with van der Waals surface area (Å²) in [6.45, 7) is 4.27. The lowest BCUT2D eigenvalue weighted by atomic mass is 10.0. The molecular formula is C36H44FN10O12P2SSi+. The van der Waals surface area contributed by atoms with Gasteiger partial charge in [0.1, 0.15) is 36.8 Å². The van der Waals surface area contributed by atoms with E-state index in [0.29, 0.717) is 5.56 Å². The Morgan fingerprint density at radius 3 is 2.59 bits per heavy atom. The first-order valence-electron chi connectivity index (χ1n) is 19.4. The van der Waals surface area contributed by atoms with Crippen molar-refractivity contribution >= 4 is 63.5 Å². The normalized spacial score (nSPS) is 25.3. The van der Waals surface area contributed by atoms with E-state index < -0.39 is 97.1 Å². The van der Waals surface area contributed by atoms with E-state index in [9.17, 15) is 29.4 Å². The number of rotatable bonds is 17. The van der Waals surface area contributed by atoms with Crippen LogP contribution in [-0.2, 0) is 48.4 Å². The average molecular weight is 950 g/mol. The number of aromatic nitrogens is 8. The molecule has 22 nitrogen and oxygen atoms in total. The fourth-order valence-electron chi connectivity index (χ4n) is 6.77. The summed E-state index contributed by atoms with van der Waals surface area (Å²) in [5.74, 6) is -0.408. The van der Waals surface area contributed by atoms with Crippen LogP contribution in [0.5, 0.6) is 0 Å². The lowest BCUT2D eigenvalue weighted by Crippen LogP contribution is -2.50. The highest BCUT2D eigenvalue weighted by Crippen LogP contribution is 2.55. The molecule has 2 aliphatic rings. The Morgan fingerprint density at radius 2 is 1.89 bits per heavy atom. The molecule has 4 aromatic heterocycles. The summed E-state index contributed by atoms with van der Waals surface area (Å²) < 4.78 is 74.6. The van der Waals surface area contributed by atoms with E-state index in [4.69, 9.17) is 43.8 Å². The third-order valence-electron chi connectivity index (χ3n) is 10.9. The lowest BCUT2D eigenvalue weighted by molar-refractivity contribution is -0.0479. The molecule has 5 aromatic rings. The Hall–Kier alpha value is -4.38. The van der Waals surface area contributed by atoms with Crippen molar-refractivity contribution in [3.05, 3.63) is 77.0 Å². The van der Waals surface area contributed by atoms with Crippen LogP contribution in [0.25, 0.3) is 16.7 Å². The van der Waals surface area contributed by atoms with Gasteiger partial charge in [0.15, 0.2) is 43.8 Å². The number of nitrogens with zero attached hydrogens (tertiary/aromatic N) is 8.